The van der Waals surface area contributed by atoms with Gasteiger partial charge in [0.05, 0.1) is 20.9 Å². The summed E-state index contributed by atoms with van der Waals surface area (Å²) in [5.41, 5.74) is 4.34. The molecule has 0 aliphatic carbocycles. The first-order valence-electron chi connectivity index (χ1n) is 4.72. The monoisotopic (exact) mass is 235 g/mol. The lowest BCUT2D eigenvalue weighted by Gasteiger charge is -2.15. The molecule has 0 atom stereocenters. The summed E-state index contributed by atoms with van der Waals surface area (Å²) < 4.78 is 1.08. The molecule has 0 saturated heterocycles. The highest BCUT2D eigenvalue weighted by Crippen LogP contribution is 2.28. The fourth-order valence-electron chi connectivity index (χ4n) is 1.58. The SMILES string of the molecule is Cc1nc2ccc(N3NOC=C3O)cc2s1. The lowest BCUT2D eigenvalue weighted by Crippen LogP contribution is -2.30. The summed E-state index contributed by atoms with van der Waals surface area (Å²) in [7, 11) is 0. The highest BCUT2D eigenvalue weighted by Gasteiger charge is 2.17. The molecule has 1 aliphatic heterocycles. The van der Waals surface area contributed by atoms with E-state index >= 15 is 0 Å². The van der Waals surface area contributed by atoms with E-state index < -0.39 is 0 Å². The minimum atomic E-state index is 0.0283. The van der Waals surface area contributed by atoms with E-state index in [1.807, 2.05) is 25.1 Å². The number of nitrogens with zero attached hydrogens (tertiary/aromatic N) is 2. The number of rotatable bonds is 1. The number of nitrogens with one attached hydrogen (secondary N) is 1. The van der Waals surface area contributed by atoms with Crippen LogP contribution in [0.5, 0.6) is 0 Å². The number of anilines is 1. The largest absolute Gasteiger partial charge is 0.491 e. The number of benzene rings is 1. The summed E-state index contributed by atoms with van der Waals surface area (Å²) in [6.45, 7) is 1.97. The van der Waals surface area contributed by atoms with Gasteiger partial charge in [-0.05, 0) is 25.1 Å². The number of aromatic nitrogens is 1. The van der Waals surface area contributed by atoms with Gasteiger partial charge in [-0.25, -0.2) is 9.99 Å². The number of thiazole rings is 1. The average molecular weight is 235 g/mol. The quantitative estimate of drug-likeness (QED) is 0.793. The zero-order chi connectivity index (χ0) is 11.1. The van der Waals surface area contributed by atoms with Gasteiger partial charge < -0.3 is 9.94 Å². The van der Waals surface area contributed by atoms with Crippen LogP contribution in [0.1, 0.15) is 5.01 Å². The predicted octanol–water partition coefficient (Wildman–Crippen LogP) is 2.22. The van der Waals surface area contributed by atoms with E-state index in [0.29, 0.717) is 0 Å². The van der Waals surface area contributed by atoms with Gasteiger partial charge in [-0.3, -0.25) is 0 Å². The Morgan fingerprint density at radius 1 is 1.50 bits per heavy atom. The lowest BCUT2D eigenvalue weighted by molar-refractivity contribution is 0.158. The number of hydrazine groups is 1. The molecule has 0 radical (unpaired) electrons. The molecule has 3 rings (SSSR count). The van der Waals surface area contributed by atoms with E-state index in [9.17, 15) is 5.11 Å². The van der Waals surface area contributed by atoms with Gasteiger partial charge in [0.25, 0.3) is 0 Å². The van der Waals surface area contributed by atoms with Gasteiger partial charge in [-0.15, -0.1) is 11.3 Å². The van der Waals surface area contributed by atoms with Gasteiger partial charge in [0.1, 0.15) is 0 Å². The van der Waals surface area contributed by atoms with Crippen LogP contribution in [0.3, 0.4) is 0 Å². The molecular weight excluding hydrogens is 226 g/mol. The molecule has 0 fully saturated rings. The van der Waals surface area contributed by atoms with Crippen molar-refractivity contribution in [2.45, 2.75) is 6.92 Å². The molecule has 6 heteroatoms. The third-order valence-corrected chi connectivity index (χ3v) is 3.21. The Bertz CT molecular complexity index is 578. The van der Waals surface area contributed by atoms with Crippen molar-refractivity contribution in [3.63, 3.8) is 0 Å². The fraction of sp³-hybridized carbons (Fsp3) is 0.100. The van der Waals surface area contributed by atoms with Crippen molar-refractivity contribution in [1.29, 1.82) is 0 Å². The molecule has 2 heterocycles. The van der Waals surface area contributed by atoms with Crippen LogP contribution in [-0.2, 0) is 4.84 Å². The molecule has 0 bridgehead atoms. The summed E-state index contributed by atoms with van der Waals surface area (Å²) in [5.74, 6) is 0.0283. The molecular formula is C10H9N3O2S. The van der Waals surface area contributed by atoms with Crippen molar-refractivity contribution in [3.8, 4) is 0 Å². The maximum atomic E-state index is 9.51. The number of aliphatic hydroxyl groups is 1. The second-order valence-electron chi connectivity index (χ2n) is 3.41. The van der Waals surface area contributed by atoms with Crippen LogP contribution in [0.4, 0.5) is 5.69 Å². The van der Waals surface area contributed by atoms with E-state index in [0.717, 1.165) is 20.9 Å². The predicted molar refractivity (Wildman–Crippen MR) is 61.8 cm³/mol. The summed E-state index contributed by atoms with van der Waals surface area (Å²) in [6.07, 6.45) is 1.24. The van der Waals surface area contributed by atoms with Gasteiger partial charge in [-0.2, -0.15) is 0 Å². The van der Waals surface area contributed by atoms with E-state index in [1.165, 1.54) is 11.3 Å². The Morgan fingerprint density at radius 2 is 2.38 bits per heavy atom. The van der Waals surface area contributed by atoms with Crippen molar-refractivity contribution in [2.75, 3.05) is 5.01 Å². The smallest absolute Gasteiger partial charge is 0.247 e. The van der Waals surface area contributed by atoms with E-state index in [-0.39, 0.29) is 5.88 Å². The molecule has 16 heavy (non-hydrogen) atoms. The van der Waals surface area contributed by atoms with Crippen molar-refractivity contribution in [3.05, 3.63) is 35.4 Å². The Hall–Kier alpha value is -1.79. The van der Waals surface area contributed by atoms with Gasteiger partial charge in [0.15, 0.2) is 6.26 Å². The second-order valence-corrected chi connectivity index (χ2v) is 4.64. The van der Waals surface area contributed by atoms with E-state index in [2.05, 4.69) is 10.6 Å². The second kappa shape index (κ2) is 3.36. The third kappa shape index (κ3) is 1.39. The average Bonchev–Trinajstić information content (AvgIpc) is 2.81. The van der Waals surface area contributed by atoms with Crippen molar-refractivity contribution in [2.24, 2.45) is 0 Å². The van der Waals surface area contributed by atoms with E-state index in [4.69, 9.17) is 4.84 Å². The number of fused-ring (bicyclic) bond motifs is 1. The summed E-state index contributed by atoms with van der Waals surface area (Å²) in [6, 6.07) is 5.74. The number of hydrogen-bond donors (Lipinski definition) is 2. The molecule has 1 aliphatic rings. The fourth-order valence-corrected chi connectivity index (χ4v) is 2.44. The minimum absolute atomic E-state index is 0.0283. The zero-order valence-electron chi connectivity index (χ0n) is 8.47. The normalized spacial score (nSPS) is 15.3. The Labute approximate surface area is 95.5 Å². The molecule has 0 amide bonds. The van der Waals surface area contributed by atoms with Crippen LogP contribution >= 0.6 is 11.3 Å². The van der Waals surface area contributed by atoms with Gasteiger partial charge in [-0.1, -0.05) is 5.59 Å². The zero-order valence-corrected chi connectivity index (χ0v) is 9.28. The van der Waals surface area contributed by atoms with Crippen LogP contribution in [0.15, 0.2) is 30.3 Å². The number of aryl methyl sites for hydroxylation is 1. The van der Waals surface area contributed by atoms with Crippen molar-refractivity contribution >= 4 is 27.2 Å². The topological polar surface area (TPSA) is 57.6 Å². The van der Waals surface area contributed by atoms with Crippen molar-refractivity contribution < 1.29 is 9.94 Å². The van der Waals surface area contributed by atoms with Crippen LogP contribution < -0.4 is 10.6 Å². The first-order valence-corrected chi connectivity index (χ1v) is 5.53. The molecule has 82 valence electrons. The van der Waals surface area contributed by atoms with Gasteiger partial charge >= 0.3 is 0 Å². The van der Waals surface area contributed by atoms with E-state index in [1.54, 1.807) is 11.3 Å². The molecule has 5 nitrogen and oxygen atoms in total. The highest BCUT2D eigenvalue weighted by molar-refractivity contribution is 7.18. The minimum Gasteiger partial charge on any atom is -0.491 e. The third-order valence-electron chi connectivity index (χ3n) is 2.27. The first-order chi connectivity index (χ1) is 7.74. The molecule has 0 spiro atoms. The lowest BCUT2D eigenvalue weighted by atomic mass is 10.3. The molecule has 0 unspecified atom stereocenters. The van der Waals surface area contributed by atoms with Crippen LogP contribution in [-0.4, -0.2) is 10.1 Å². The molecule has 1 aromatic carbocycles. The standard InChI is InChI=1S/C10H9N3O2S/c1-6-11-8-3-2-7(4-9(8)16-6)13-10(14)5-15-12-13/h2-5,12,14H,1H3. The number of aliphatic hydroxyl groups excluding tert-OH is 1. The Morgan fingerprint density at radius 3 is 3.12 bits per heavy atom. The van der Waals surface area contributed by atoms with Crippen LogP contribution in [0.25, 0.3) is 10.2 Å². The van der Waals surface area contributed by atoms with Crippen LogP contribution in [0, 0.1) is 6.92 Å². The van der Waals surface area contributed by atoms with Gasteiger partial charge in [0.2, 0.25) is 5.88 Å². The maximum absolute atomic E-state index is 9.51. The Kier molecular flexibility index (Phi) is 1.98. The highest BCUT2D eigenvalue weighted by atomic mass is 32.1. The van der Waals surface area contributed by atoms with Crippen molar-refractivity contribution in [1.82, 2.24) is 10.6 Å². The molecule has 0 saturated carbocycles. The molecule has 2 N–H and O–H groups in total. The summed E-state index contributed by atoms with van der Waals surface area (Å²) >= 11 is 1.62. The summed E-state index contributed by atoms with van der Waals surface area (Å²) in [4.78, 5) is 9.16. The summed E-state index contributed by atoms with van der Waals surface area (Å²) in [5, 5.41) is 12.0. The molecule has 1 aromatic heterocycles. The Balaban J connectivity index is 2.07. The number of hydrogen-bond acceptors (Lipinski definition) is 6. The maximum Gasteiger partial charge on any atom is 0.247 e. The van der Waals surface area contributed by atoms with Crippen LogP contribution in [0.2, 0.25) is 0 Å². The first kappa shape index (κ1) is 9.44. The molecule has 2 aromatic rings. The van der Waals surface area contributed by atoms with Gasteiger partial charge in [0, 0.05) is 0 Å².